The molecule has 0 radical (unpaired) electrons. The Morgan fingerprint density at radius 1 is 1.33 bits per heavy atom. The van der Waals surface area contributed by atoms with Crippen LogP contribution in [0.25, 0.3) is 0 Å². The molecule has 2 nitrogen and oxygen atoms in total. The third-order valence-corrected chi connectivity index (χ3v) is 2.06. The fraction of sp³-hybridized carbons (Fsp3) is 1.00. The zero-order chi connectivity index (χ0) is 7.07. The Morgan fingerprint density at radius 2 is 1.78 bits per heavy atom. The summed E-state index contributed by atoms with van der Waals surface area (Å²) < 4.78 is 10.7. The first-order valence-electron chi connectivity index (χ1n) is 3.32. The Morgan fingerprint density at radius 3 is 1.89 bits per heavy atom. The highest BCUT2D eigenvalue weighted by Crippen LogP contribution is 2.25. The monoisotopic (exact) mass is 146 g/mol. The molecule has 1 aliphatic heterocycles. The van der Waals surface area contributed by atoms with Gasteiger partial charge >= 0.3 is 0 Å². The minimum Gasteiger partial charge on any atom is -0.391 e. The molecule has 0 amide bonds. The van der Waals surface area contributed by atoms with Crippen molar-refractivity contribution in [3.8, 4) is 0 Å². The van der Waals surface area contributed by atoms with Crippen molar-refractivity contribution >= 4 is 8.32 Å². The first kappa shape index (κ1) is 7.25. The van der Waals surface area contributed by atoms with Crippen LogP contribution in [0, 0.1) is 0 Å². The van der Waals surface area contributed by atoms with Crippen molar-refractivity contribution in [3.05, 3.63) is 0 Å². The van der Waals surface area contributed by atoms with Crippen LogP contribution >= 0.6 is 0 Å². The van der Waals surface area contributed by atoms with Crippen LogP contribution < -0.4 is 0 Å². The lowest BCUT2D eigenvalue weighted by Gasteiger charge is -2.14. The summed E-state index contributed by atoms with van der Waals surface area (Å²) in [5.74, 6) is 0. The van der Waals surface area contributed by atoms with Crippen LogP contribution in [0.5, 0.6) is 0 Å². The molecule has 1 aliphatic rings. The van der Waals surface area contributed by atoms with Crippen LogP contribution in [-0.4, -0.2) is 20.7 Å². The molecule has 54 valence electrons. The van der Waals surface area contributed by atoms with Crippen LogP contribution in [0.2, 0.25) is 19.6 Å². The normalized spacial score (nSPS) is 34.7. The van der Waals surface area contributed by atoms with Gasteiger partial charge in [-0.1, -0.05) is 0 Å². The number of epoxide rings is 1. The van der Waals surface area contributed by atoms with Crippen LogP contribution in [0.3, 0.4) is 0 Å². The molecular weight excluding hydrogens is 132 g/mol. The maximum Gasteiger partial charge on any atom is 0.187 e. The standard InChI is InChI=1S/C6H14O2Si/c1-5-6(7-5)8-9(2,3)4/h5-6H,1-4H3. The quantitative estimate of drug-likeness (QED) is 0.436. The van der Waals surface area contributed by atoms with Gasteiger partial charge in [-0.25, -0.2) is 0 Å². The Bertz CT molecular complexity index is 108. The van der Waals surface area contributed by atoms with E-state index in [2.05, 4.69) is 19.6 Å². The highest BCUT2D eigenvalue weighted by atomic mass is 28.4. The second-order valence-electron chi connectivity index (χ2n) is 3.44. The van der Waals surface area contributed by atoms with E-state index >= 15 is 0 Å². The van der Waals surface area contributed by atoms with Gasteiger partial charge in [0.25, 0.3) is 0 Å². The predicted octanol–water partition coefficient (Wildman–Crippen LogP) is 1.58. The smallest absolute Gasteiger partial charge is 0.187 e. The molecule has 0 N–H and O–H groups in total. The number of ether oxygens (including phenoxy) is 1. The molecule has 1 rings (SSSR count). The first-order chi connectivity index (χ1) is 3.99. The van der Waals surface area contributed by atoms with E-state index in [1.807, 2.05) is 6.92 Å². The maximum atomic E-state index is 5.58. The van der Waals surface area contributed by atoms with E-state index in [4.69, 9.17) is 9.16 Å². The molecule has 3 heteroatoms. The van der Waals surface area contributed by atoms with E-state index in [0.29, 0.717) is 6.10 Å². The highest BCUT2D eigenvalue weighted by Gasteiger charge is 2.38. The van der Waals surface area contributed by atoms with Crippen molar-refractivity contribution in [2.45, 2.75) is 39.0 Å². The maximum absolute atomic E-state index is 5.58. The Labute approximate surface area is 57.3 Å². The second kappa shape index (κ2) is 2.07. The molecule has 0 bridgehead atoms. The van der Waals surface area contributed by atoms with Gasteiger partial charge < -0.3 is 9.16 Å². The number of rotatable bonds is 2. The summed E-state index contributed by atoms with van der Waals surface area (Å²) in [4.78, 5) is 0. The fourth-order valence-electron chi connectivity index (χ4n) is 0.638. The van der Waals surface area contributed by atoms with Crippen molar-refractivity contribution < 1.29 is 9.16 Å². The third-order valence-electron chi connectivity index (χ3n) is 1.13. The minimum atomic E-state index is -1.32. The number of hydrogen-bond donors (Lipinski definition) is 0. The lowest BCUT2D eigenvalue weighted by atomic mass is 10.5. The third kappa shape index (κ3) is 2.47. The summed E-state index contributed by atoms with van der Waals surface area (Å²) in [7, 11) is -1.32. The van der Waals surface area contributed by atoms with Gasteiger partial charge in [-0.15, -0.1) is 0 Å². The summed E-state index contributed by atoms with van der Waals surface area (Å²) in [5, 5.41) is 0. The largest absolute Gasteiger partial charge is 0.391 e. The molecular formula is C6H14O2Si. The molecule has 1 fully saturated rings. The van der Waals surface area contributed by atoms with Crippen LogP contribution in [0.15, 0.2) is 0 Å². The van der Waals surface area contributed by atoms with Crippen molar-refractivity contribution in [1.29, 1.82) is 0 Å². The van der Waals surface area contributed by atoms with E-state index in [0.717, 1.165) is 0 Å². The summed E-state index contributed by atoms with van der Waals surface area (Å²) in [5.41, 5.74) is 0. The average molecular weight is 146 g/mol. The van der Waals surface area contributed by atoms with Crippen LogP contribution in [0.4, 0.5) is 0 Å². The first-order valence-corrected chi connectivity index (χ1v) is 6.73. The Kier molecular flexibility index (Phi) is 1.67. The highest BCUT2D eigenvalue weighted by molar-refractivity contribution is 6.69. The second-order valence-corrected chi connectivity index (χ2v) is 7.90. The van der Waals surface area contributed by atoms with Gasteiger partial charge in [0, 0.05) is 0 Å². The van der Waals surface area contributed by atoms with Gasteiger partial charge in [-0.05, 0) is 26.6 Å². The molecule has 1 saturated heterocycles. The molecule has 0 aromatic carbocycles. The molecule has 2 unspecified atom stereocenters. The van der Waals surface area contributed by atoms with E-state index in [-0.39, 0.29) is 6.29 Å². The van der Waals surface area contributed by atoms with Gasteiger partial charge in [0.15, 0.2) is 14.6 Å². The van der Waals surface area contributed by atoms with E-state index in [1.165, 1.54) is 0 Å². The predicted molar refractivity (Wildman–Crippen MR) is 38.8 cm³/mol. The Hall–Kier alpha value is 0.137. The average Bonchev–Trinajstić information content (AvgIpc) is 2.13. The molecule has 0 spiro atoms. The molecule has 1 heterocycles. The van der Waals surface area contributed by atoms with Crippen molar-refractivity contribution in [2.24, 2.45) is 0 Å². The summed E-state index contributed by atoms with van der Waals surface area (Å²) in [6.07, 6.45) is 0.466. The van der Waals surface area contributed by atoms with Crippen molar-refractivity contribution in [2.75, 3.05) is 0 Å². The topological polar surface area (TPSA) is 21.8 Å². The molecule has 0 aliphatic carbocycles. The Balaban J connectivity index is 2.19. The SMILES string of the molecule is CC1OC1O[Si](C)(C)C. The van der Waals surface area contributed by atoms with Gasteiger partial charge in [0.05, 0.1) is 0 Å². The van der Waals surface area contributed by atoms with Gasteiger partial charge in [-0.3, -0.25) is 0 Å². The molecule has 0 aromatic heterocycles. The van der Waals surface area contributed by atoms with E-state index in [9.17, 15) is 0 Å². The zero-order valence-electron chi connectivity index (χ0n) is 6.47. The minimum absolute atomic E-state index is 0.122. The molecule has 0 saturated carbocycles. The number of hydrogen-bond acceptors (Lipinski definition) is 2. The summed E-state index contributed by atoms with van der Waals surface area (Å²) in [6, 6.07) is 0. The van der Waals surface area contributed by atoms with Crippen molar-refractivity contribution in [3.63, 3.8) is 0 Å². The lowest BCUT2D eigenvalue weighted by Crippen LogP contribution is -2.27. The van der Waals surface area contributed by atoms with Gasteiger partial charge in [-0.2, -0.15) is 0 Å². The van der Waals surface area contributed by atoms with E-state index < -0.39 is 8.32 Å². The van der Waals surface area contributed by atoms with Crippen molar-refractivity contribution in [1.82, 2.24) is 0 Å². The molecule has 2 atom stereocenters. The summed E-state index contributed by atoms with van der Waals surface area (Å²) >= 11 is 0. The van der Waals surface area contributed by atoms with Crippen LogP contribution in [0.1, 0.15) is 6.92 Å². The molecule has 9 heavy (non-hydrogen) atoms. The van der Waals surface area contributed by atoms with Crippen LogP contribution in [-0.2, 0) is 9.16 Å². The fourth-order valence-corrected chi connectivity index (χ4v) is 1.58. The molecule has 0 aromatic rings. The summed E-state index contributed by atoms with van der Waals surface area (Å²) in [6.45, 7) is 8.54. The lowest BCUT2D eigenvalue weighted by molar-refractivity contribution is 0.172. The van der Waals surface area contributed by atoms with Gasteiger partial charge in [0.1, 0.15) is 6.10 Å². The van der Waals surface area contributed by atoms with Gasteiger partial charge in [0.2, 0.25) is 0 Å². The zero-order valence-corrected chi connectivity index (χ0v) is 7.47. The van der Waals surface area contributed by atoms with E-state index in [1.54, 1.807) is 0 Å².